The van der Waals surface area contributed by atoms with Crippen molar-refractivity contribution in [3.8, 4) is 91.0 Å². The molecule has 762 valence electrons. The third-order valence-corrected chi connectivity index (χ3v) is 24.9. The van der Waals surface area contributed by atoms with Gasteiger partial charge >= 0.3 is 0 Å². The zero-order valence-electron chi connectivity index (χ0n) is 85.1. The number of H-pyrrole nitrogens is 2. The first kappa shape index (κ1) is 112. The minimum absolute atomic E-state index is 0.257. The van der Waals surface area contributed by atoms with E-state index in [1.165, 1.54) is 180 Å². The normalized spacial score (nSPS) is 11.8. The molecule has 3 aromatic heterocycles. The molecule has 0 amide bonds. The van der Waals surface area contributed by atoms with Gasteiger partial charge in [-0.05, 0) is 98.5 Å². The maximum atomic E-state index is 7.01. The predicted octanol–water partition coefficient (Wildman–Crippen LogP) is 26.7. The van der Waals surface area contributed by atoms with Crippen LogP contribution in [0, 0.1) is 0 Å². The van der Waals surface area contributed by atoms with E-state index in [2.05, 4.69) is 110 Å². The van der Waals surface area contributed by atoms with Crippen molar-refractivity contribution in [3.63, 3.8) is 0 Å². The van der Waals surface area contributed by atoms with Crippen LogP contribution < -0.4 is 37.9 Å². The summed E-state index contributed by atoms with van der Waals surface area (Å²) in [7, 11) is 6.69. The van der Waals surface area contributed by atoms with Gasteiger partial charge in [-0.1, -0.05) is 259 Å². The van der Waals surface area contributed by atoms with Crippen LogP contribution in [0.1, 0.15) is 285 Å². The van der Waals surface area contributed by atoms with Crippen molar-refractivity contribution < 1.29 is 94.7 Å². The Balaban J connectivity index is 1.26. The first-order valence-electron chi connectivity index (χ1n) is 53.0. The molecule has 9 rings (SSSR count). The van der Waals surface area contributed by atoms with E-state index in [1.54, 1.807) is 28.4 Å². The average molecular weight is 1900 g/mol. The lowest BCUT2D eigenvalue weighted by atomic mass is 10.0. The molecule has 24 nitrogen and oxygen atoms in total. The molecule has 136 heavy (non-hydrogen) atoms. The molecule has 4 aromatic carbocycles. The summed E-state index contributed by atoms with van der Waals surface area (Å²) in [4.78, 5) is 19.6. The van der Waals surface area contributed by atoms with E-state index in [0.29, 0.717) is 227 Å². The number of hydrogen-bond donors (Lipinski definition) is 2. The van der Waals surface area contributed by atoms with Gasteiger partial charge in [0.25, 0.3) is 0 Å². The number of nitrogens with one attached hydrogen (secondary N) is 2. The van der Waals surface area contributed by atoms with Crippen LogP contribution in [-0.2, 0) is 56.8 Å². The Bertz CT molecular complexity index is 4200. The van der Waals surface area contributed by atoms with Gasteiger partial charge in [-0.25, -0.2) is 9.97 Å². The van der Waals surface area contributed by atoms with Crippen LogP contribution in [0.3, 0.4) is 0 Å². The standard InChI is InChI=1S/C112H174N4O20/c1-9-13-17-21-25-29-33-37-41-45-49-129-105-77-89-93(81-109(105)133-73-69-125-65-61-121-57-53-117-5)101-86-99-91-79-107(131-51-47-43-39-35-31-27-23-19-15-11-3)111(135-75-71-127-67-63-123-59-55-119-7)83-95(91)103(115-99)88-104-96-84-112(136-76-72-128-68-64-124-60-56-120-8)108(132-52-48-44-40-36-32-28-24-20-16-12-4)80-92(96)100(116-104)87-102-94-82-110(134-74-70-126-66-62-122-58-54-118-6)106(78-90(94)98(114-102)85-97(89)113-101)130-50-46-42-38-34-30-26-22-18-14-10-2/h77-88,113-114H,9-76H2,1-8H3. The second kappa shape index (κ2) is 71.8. The molecule has 0 spiro atoms. The third-order valence-electron chi connectivity index (χ3n) is 24.9. The lowest BCUT2D eigenvalue weighted by Gasteiger charge is -2.16. The third kappa shape index (κ3) is 42.5. The van der Waals surface area contributed by atoms with Gasteiger partial charge in [-0.2, -0.15) is 0 Å². The molecule has 7 aromatic rings. The fourth-order valence-corrected chi connectivity index (χ4v) is 17.2. The van der Waals surface area contributed by atoms with Crippen molar-refractivity contribution in [1.82, 2.24) is 19.9 Å². The molecule has 2 N–H and O–H groups in total. The lowest BCUT2D eigenvalue weighted by molar-refractivity contribution is 0.0177. The van der Waals surface area contributed by atoms with E-state index in [0.717, 1.165) is 143 Å². The Labute approximate surface area is 815 Å². The smallest absolute Gasteiger partial charge is 0.162 e. The number of methoxy groups -OCH3 is 4. The van der Waals surface area contributed by atoms with Crippen LogP contribution >= 0.6 is 0 Å². The maximum absolute atomic E-state index is 7.01. The summed E-state index contributed by atoms with van der Waals surface area (Å²) in [5.41, 5.74) is 9.35. The first-order chi connectivity index (χ1) is 67.3. The van der Waals surface area contributed by atoms with Crippen molar-refractivity contribution in [1.29, 1.82) is 0 Å². The molecular weight excluding hydrogens is 1720 g/mol. The Morgan fingerprint density at radius 2 is 0.338 bits per heavy atom. The van der Waals surface area contributed by atoms with Gasteiger partial charge in [-0.15, -0.1) is 0 Å². The zero-order chi connectivity index (χ0) is 95.4. The summed E-state index contributed by atoms with van der Waals surface area (Å²) < 4.78 is 124. The van der Waals surface area contributed by atoms with Crippen LogP contribution in [0.4, 0.5) is 0 Å². The summed E-state index contributed by atoms with van der Waals surface area (Å²) >= 11 is 0. The fourth-order valence-electron chi connectivity index (χ4n) is 17.2. The molecule has 8 bridgehead atoms. The molecule has 5 heterocycles. The van der Waals surface area contributed by atoms with Crippen molar-refractivity contribution in [2.45, 2.75) is 285 Å². The van der Waals surface area contributed by atoms with E-state index in [9.17, 15) is 0 Å². The van der Waals surface area contributed by atoms with E-state index in [4.69, 9.17) is 105 Å². The van der Waals surface area contributed by atoms with Crippen molar-refractivity contribution >= 4 is 43.6 Å². The number of unbranched alkanes of at least 4 members (excludes halogenated alkanes) is 36. The van der Waals surface area contributed by atoms with Crippen LogP contribution in [0.25, 0.3) is 88.6 Å². The number of aromatic nitrogens is 4. The average Bonchev–Trinajstić information content (AvgIpc) is 1.58. The topological polar surface area (TPSA) is 242 Å². The minimum atomic E-state index is 0.257. The van der Waals surface area contributed by atoms with E-state index in [1.807, 2.05) is 0 Å². The summed E-state index contributed by atoms with van der Waals surface area (Å²) in [6.07, 6.45) is 48.3. The van der Waals surface area contributed by atoms with Gasteiger partial charge in [-0.3, -0.25) is 0 Å². The SMILES string of the molecule is CCCCCCCCCCCCOc1cc2c(cc1OCCOCCOCCOC)-c1cc3nc(cc4[nH]c(cc5[nH]c(cc-2n1)c1cc(OCCOCCOCCOC)c(OCCCCCCCCCCCC)cc51)c1cc(OCCCCCCCCCCCC)c(OCCOCCOCCOC)cc41)-c1cc(OCCCCCCCCCCCC)c(OCCOCCOCCOC)cc1-3. The van der Waals surface area contributed by atoms with E-state index < -0.39 is 0 Å². The van der Waals surface area contributed by atoms with Gasteiger partial charge in [0.05, 0.1) is 181 Å². The molecule has 0 saturated heterocycles. The Kier molecular flexibility index (Phi) is 59.2. The minimum Gasteiger partial charge on any atom is -0.490 e. The monoisotopic (exact) mass is 1900 g/mol. The lowest BCUT2D eigenvalue weighted by Crippen LogP contribution is -2.12. The molecule has 24 heteroatoms. The van der Waals surface area contributed by atoms with Crippen molar-refractivity contribution in [2.24, 2.45) is 0 Å². The van der Waals surface area contributed by atoms with Gasteiger partial charge in [0, 0.05) is 94.3 Å². The molecule has 0 aliphatic carbocycles. The molecule has 0 radical (unpaired) electrons. The van der Waals surface area contributed by atoms with Gasteiger partial charge in [0.2, 0.25) is 0 Å². The fraction of sp³-hybridized carbons (Fsp3) is 0.679. The number of ether oxygens (including phenoxy) is 20. The highest BCUT2D eigenvalue weighted by molar-refractivity contribution is 6.13. The summed E-state index contributed by atoms with van der Waals surface area (Å²) in [5, 5.41) is 3.61. The molecule has 2 aliphatic heterocycles. The second-order valence-electron chi connectivity index (χ2n) is 36.0. The molecule has 0 atom stereocenters. The molecule has 0 saturated carbocycles. The zero-order valence-corrected chi connectivity index (χ0v) is 85.1. The molecule has 0 unspecified atom stereocenters. The van der Waals surface area contributed by atoms with E-state index >= 15 is 0 Å². The number of rotatable bonds is 88. The van der Waals surface area contributed by atoms with Crippen LogP contribution in [0.2, 0.25) is 0 Å². The highest BCUT2D eigenvalue weighted by Crippen LogP contribution is 2.49. The summed E-state index contributed by atoms with van der Waals surface area (Å²) in [5.74, 6) is 4.87. The highest BCUT2D eigenvalue weighted by atomic mass is 16.6. The van der Waals surface area contributed by atoms with Crippen LogP contribution in [-0.4, -0.2) is 233 Å². The molecule has 2 aliphatic rings. The predicted molar refractivity (Wildman–Crippen MR) is 550 cm³/mol. The Morgan fingerprint density at radius 1 is 0.169 bits per heavy atom. The van der Waals surface area contributed by atoms with Crippen molar-refractivity contribution in [3.05, 3.63) is 72.8 Å². The van der Waals surface area contributed by atoms with Crippen LogP contribution in [0.15, 0.2) is 72.8 Å². The number of nitrogens with zero attached hydrogens (tertiary/aromatic N) is 2. The van der Waals surface area contributed by atoms with Gasteiger partial charge in [0.15, 0.2) is 46.0 Å². The van der Waals surface area contributed by atoms with Gasteiger partial charge < -0.3 is 105 Å². The van der Waals surface area contributed by atoms with Crippen molar-refractivity contribution in [2.75, 3.05) is 213 Å². The summed E-state index contributed by atoms with van der Waals surface area (Å²) in [6.45, 7) is 20.9. The number of hydrogen-bond acceptors (Lipinski definition) is 22. The first-order valence-corrected chi connectivity index (χ1v) is 53.0. The van der Waals surface area contributed by atoms with E-state index in [-0.39, 0.29) is 26.4 Å². The van der Waals surface area contributed by atoms with Crippen LogP contribution in [0.5, 0.6) is 46.0 Å². The molecular formula is C112H174N4O20. The second-order valence-corrected chi connectivity index (χ2v) is 36.0. The maximum Gasteiger partial charge on any atom is 0.162 e. The number of benzene rings is 4. The van der Waals surface area contributed by atoms with Gasteiger partial charge in [0.1, 0.15) is 26.4 Å². The number of fused-ring (bicyclic) bond motifs is 20. The largest absolute Gasteiger partial charge is 0.490 e. The Hall–Kier alpha value is -7.56. The molecule has 0 fully saturated rings. The highest BCUT2D eigenvalue weighted by Gasteiger charge is 2.28. The Morgan fingerprint density at radius 3 is 0.551 bits per heavy atom. The quantitative estimate of drug-likeness (QED) is 0.0337. The number of aromatic amines is 2. The summed E-state index contributed by atoms with van der Waals surface area (Å²) in [6, 6.07) is 25.6.